The molecule has 1 N–H and O–H groups in total. The van der Waals surface area contributed by atoms with E-state index in [1.807, 2.05) is 23.6 Å². The van der Waals surface area contributed by atoms with Crippen LogP contribution in [-0.2, 0) is 9.59 Å². The summed E-state index contributed by atoms with van der Waals surface area (Å²) in [5.74, 6) is 1.28. The smallest absolute Gasteiger partial charge is 0.245 e. The Bertz CT molecular complexity index is 284. The topological polar surface area (TPSA) is 49.4 Å². The first kappa shape index (κ1) is 15.3. The summed E-state index contributed by atoms with van der Waals surface area (Å²) in [6.45, 7) is 3.30. The van der Waals surface area contributed by atoms with E-state index < -0.39 is 0 Å². The first-order valence-corrected chi connectivity index (χ1v) is 8.15. The van der Waals surface area contributed by atoms with Crippen molar-refractivity contribution in [3.05, 3.63) is 0 Å². The van der Waals surface area contributed by atoms with Crippen molar-refractivity contribution in [2.24, 2.45) is 0 Å². The van der Waals surface area contributed by atoms with Crippen LogP contribution in [0.1, 0.15) is 39.0 Å². The molecule has 1 fully saturated rings. The fourth-order valence-corrected chi connectivity index (χ4v) is 2.61. The molecule has 1 heterocycles. The lowest BCUT2D eigenvalue weighted by molar-refractivity contribution is -0.133. The third kappa shape index (κ3) is 4.88. The second kappa shape index (κ2) is 8.40. The van der Waals surface area contributed by atoms with Crippen LogP contribution in [0.3, 0.4) is 0 Å². The zero-order chi connectivity index (χ0) is 13.4. The van der Waals surface area contributed by atoms with Crippen LogP contribution in [0.15, 0.2) is 0 Å². The van der Waals surface area contributed by atoms with Crippen LogP contribution in [-0.4, -0.2) is 47.9 Å². The number of nitrogens with zero attached hydrogens (tertiary/aromatic N) is 1. The Morgan fingerprint density at radius 2 is 2.11 bits per heavy atom. The molecule has 0 spiro atoms. The Balaban J connectivity index is 2.38. The number of rotatable bonds is 7. The van der Waals surface area contributed by atoms with Crippen molar-refractivity contribution in [2.45, 2.75) is 45.1 Å². The second-order valence-corrected chi connectivity index (χ2v) is 5.64. The van der Waals surface area contributed by atoms with Gasteiger partial charge in [0.2, 0.25) is 11.8 Å². The molecule has 1 saturated heterocycles. The van der Waals surface area contributed by atoms with Gasteiger partial charge in [-0.1, -0.05) is 13.3 Å². The van der Waals surface area contributed by atoms with E-state index in [1.165, 1.54) is 12.2 Å². The maximum atomic E-state index is 12.1. The highest BCUT2D eigenvalue weighted by Gasteiger charge is 2.27. The minimum absolute atomic E-state index is 0.0000768. The molecule has 0 aliphatic carbocycles. The summed E-state index contributed by atoms with van der Waals surface area (Å²) >= 11 is 1.86. The van der Waals surface area contributed by atoms with Gasteiger partial charge in [-0.25, -0.2) is 0 Å². The van der Waals surface area contributed by atoms with E-state index in [-0.39, 0.29) is 17.9 Å². The lowest BCUT2D eigenvalue weighted by Gasteiger charge is -2.23. The van der Waals surface area contributed by atoms with Gasteiger partial charge in [-0.15, -0.1) is 0 Å². The number of amides is 2. The van der Waals surface area contributed by atoms with Crippen molar-refractivity contribution < 1.29 is 9.59 Å². The van der Waals surface area contributed by atoms with Crippen LogP contribution < -0.4 is 5.32 Å². The van der Waals surface area contributed by atoms with Gasteiger partial charge >= 0.3 is 0 Å². The van der Waals surface area contributed by atoms with Gasteiger partial charge in [0.05, 0.1) is 0 Å². The molecule has 1 unspecified atom stereocenters. The number of hydrogen-bond donors (Lipinski definition) is 1. The Kier molecular flexibility index (Phi) is 7.16. The van der Waals surface area contributed by atoms with Crippen LogP contribution in [0, 0.1) is 0 Å². The molecule has 0 aromatic carbocycles. The van der Waals surface area contributed by atoms with Crippen LogP contribution in [0.5, 0.6) is 0 Å². The van der Waals surface area contributed by atoms with E-state index in [2.05, 4.69) is 11.6 Å². The SMILES string of the molecule is CCC1NC(=O)CCN(CCCCCSC)C1=O. The summed E-state index contributed by atoms with van der Waals surface area (Å²) in [4.78, 5) is 25.5. The van der Waals surface area contributed by atoms with Gasteiger partial charge in [-0.2, -0.15) is 11.8 Å². The molecule has 0 aromatic heterocycles. The molecule has 1 rings (SSSR count). The van der Waals surface area contributed by atoms with Crippen molar-refractivity contribution in [2.75, 3.05) is 25.1 Å². The number of unbranched alkanes of at least 4 members (excludes halogenated alkanes) is 2. The predicted molar refractivity (Wildman–Crippen MR) is 75.7 cm³/mol. The summed E-state index contributed by atoms with van der Waals surface area (Å²) in [7, 11) is 0. The number of hydrogen-bond acceptors (Lipinski definition) is 3. The largest absolute Gasteiger partial charge is 0.344 e. The molecule has 18 heavy (non-hydrogen) atoms. The number of nitrogens with one attached hydrogen (secondary N) is 1. The van der Waals surface area contributed by atoms with E-state index in [0.717, 1.165) is 19.4 Å². The highest BCUT2D eigenvalue weighted by atomic mass is 32.2. The number of carbonyl (C=O) groups is 2. The molecule has 0 bridgehead atoms. The van der Waals surface area contributed by atoms with Gasteiger partial charge in [-0.05, 0) is 31.3 Å². The van der Waals surface area contributed by atoms with Crippen molar-refractivity contribution >= 4 is 23.6 Å². The minimum Gasteiger partial charge on any atom is -0.344 e. The lowest BCUT2D eigenvalue weighted by Crippen LogP contribution is -2.44. The van der Waals surface area contributed by atoms with E-state index in [9.17, 15) is 9.59 Å². The van der Waals surface area contributed by atoms with E-state index in [0.29, 0.717) is 19.4 Å². The van der Waals surface area contributed by atoms with Gasteiger partial charge in [0, 0.05) is 19.5 Å². The quantitative estimate of drug-likeness (QED) is 0.717. The van der Waals surface area contributed by atoms with Gasteiger partial charge in [-0.3, -0.25) is 9.59 Å². The molecule has 0 radical (unpaired) electrons. The monoisotopic (exact) mass is 272 g/mol. The highest BCUT2D eigenvalue weighted by Crippen LogP contribution is 2.09. The van der Waals surface area contributed by atoms with Crippen molar-refractivity contribution in [1.29, 1.82) is 0 Å². The zero-order valence-corrected chi connectivity index (χ0v) is 12.2. The Morgan fingerprint density at radius 1 is 1.33 bits per heavy atom. The van der Waals surface area contributed by atoms with Gasteiger partial charge < -0.3 is 10.2 Å². The summed E-state index contributed by atoms with van der Waals surface area (Å²) in [5.41, 5.74) is 0. The van der Waals surface area contributed by atoms with Gasteiger partial charge in [0.25, 0.3) is 0 Å². The second-order valence-electron chi connectivity index (χ2n) is 4.66. The molecule has 1 aliphatic rings. The third-order valence-electron chi connectivity index (χ3n) is 3.24. The van der Waals surface area contributed by atoms with E-state index >= 15 is 0 Å². The number of carbonyl (C=O) groups excluding carboxylic acids is 2. The maximum absolute atomic E-state index is 12.1. The Labute approximate surface area is 114 Å². The van der Waals surface area contributed by atoms with Crippen molar-refractivity contribution in [3.63, 3.8) is 0 Å². The summed E-state index contributed by atoms with van der Waals surface area (Å²) < 4.78 is 0. The predicted octanol–water partition coefficient (Wildman–Crippen LogP) is 1.65. The third-order valence-corrected chi connectivity index (χ3v) is 3.94. The minimum atomic E-state index is -0.314. The van der Waals surface area contributed by atoms with Crippen LogP contribution in [0.2, 0.25) is 0 Å². The molecule has 0 aromatic rings. The average Bonchev–Trinajstić information content (AvgIpc) is 2.50. The van der Waals surface area contributed by atoms with Crippen LogP contribution in [0.4, 0.5) is 0 Å². The van der Waals surface area contributed by atoms with Crippen LogP contribution >= 0.6 is 11.8 Å². The van der Waals surface area contributed by atoms with E-state index in [1.54, 1.807) is 0 Å². The van der Waals surface area contributed by atoms with Crippen molar-refractivity contribution in [3.8, 4) is 0 Å². The first-order valence-electron chi connectivity index (χ1n) is 6.76. The van der Waals surface area contributed by atoms with E-state index in [4.69, 9.17) is 0 Å². The van der Waals surface area contributed by atoms with Gasteiger partial charge in [0.15, 0.2) is 0 Å². The molecule has 4 nitrogen and oxygen atoms in total. The normalized spacial score (nSPS) is 20.8. The molecule has 2 amide bonds. The zero-order valence-electron chi connectivity index (χ0n) is 11.4. The molecular weight excluding hydrogens is 248 g/mol. The van der Waals surface area contributed by atoms with Gasteiger partial charge in [0.1, 0.15) is 6.04 Å². The molecule has 1 aliphatic heterocycles. The molecule has 0 saturated carbocycles. The summed E-state index contributed by atoms with van der Waals surface area (Å²) in [6, 6.07) is -0.314. The molecule has 1 atom stereocenters. The lowest BCUT2D eigenvalue weighted by atomic mass is 10.2. The first-order chi connectivity index (χ1) is 8.69. The molecular formula is C13H24N2O2S. The maximum Gasteiger partial charge on any atom is 0.245 e. The summed E-state index contributed by atoms with van der Waals surface area (Å²) in [5, 5.41) is 2.79. The number of thioether (sulfide) groups is 1. The van der Waals surface area contributed by atoms with Crippen molar-refractivity contribution in [1.82, 2.24) is 10.2 Å². The summed E-state index contributed by atoms with van der Waals surface area (Å²) in [6.07, 6.45) is 6.62. The molecule has 104 valence electrons. The average molecular weight is 272 g/mol. The fourth-order valence-electron chi connectivity index (χ4n) is 2.12. The molecule has 5 heteroatoms. The highest BCUT2D eigenvalue weighted by molar-refractivity contribution is 7.98. The Morgan fingerprint density at radius 3 is 2.78 bits per heavy atom. The fraction of sp³-hybridized carbons (Fsp3) is 0.846. The standard InChI is InChI=1S/C13H24N2O2S/c1-3-11-13(17)15(9-7-12(16)14-11)8-5-4-6-10-18-2/h11H,3-10H2,1-2H3,(H,14,16). The van der Waals surface area contributed by atoms with Crippen LogP contribution in [0.25, 0.3) is 0 Å². The Hall–Kier alpha value is -0.710.